The number of nitrogens with zero attached hydrogens (tertiary/aromatic N) is 1. The number of hydrogen-bond donors (Lipinski definition) is 0. The molecule has 0 bridgehead atoms. The summed E-state index contributed by atoms with van der Waals surface area (Å²) in [5.74, 6) is 2.30. The highest BCUT2D eigenvalue weighted by atomic mass is 32.2. The van der Waals surface area contributed by atoms with Crippen molar-refractivity contribution in [3.05, 3.63) is 48.5 Å². The minimum Gasteiger partial charge on any atom is -0.493 e. The zero-order valence-electron chi connectivity index (χ0n) is 18.4. The summed E-state index contributed by atoms with van der Waals surface area (Å²) in [6.07, 6.45) is 0.983. The standard InChI is InChI=1S/C24H29NO5S/c1-24(2,3)30-23(26)25-13-20-21(14-25)22(20)15-29-18-9-5-16(6-10-18)17-7-11-19(12-8-17)31(4,27)28/h5-12,20-22H,13-15H2,1-4H3/t20-,21?,22+/m0/s1. The molecule has 1 amide bonds. The van der Waals surface area contributed by atoms with Crippen molar-refractivity contribution in [3.8, 4) is 16.9 Å². The molecule has 1 aliphatic carbocycles. The number of carbonyl (C=O) groups is 1. The number of amides is 1. The first-order chi connectivity index (χ1) is 14.5. The van der Waals surface area contributed by atoms with E-state index in [0.29, 0.717) is 29.3 Å². The quantitative estimate of drug-likeness (QED) is 0.691. The minimum absolute atomic E-state index is 0.223. The summed E-state index contributed by atoms with van der Waals surface area (Å²) in [6, 6.07) is 14.7. The molecule has 166 valence electrons. The number of rotatable bonds is 5. The molecule has 0 aromatic heterocycles. The molecule has 1 saturated heterocycles. The number of fused-ring (bicyclic) bond motifs is 1. The second-order valence-corrected chi connectivity index (χ2v) is 11.5. The smallest absolute Gasteiger partial charge is 0.410 e. The number of carbonyl (C=O) groups excluding carboxylic acids is 1. The van der Waals surface area contributed by atoms with E-state index in [2.05, 4.69) is 0 Å². The molecule has 2 aromatic carbocycles. The average molecular weight is 444 g/mol. The highest BCUT2D eigenvalue weighted by molar-refractivity contribution is 7.90. The fourth-order valence-electron chi connectivity index (χ4n) is 4.20. The Morgan fingerprint density at radius 3 is 1.97 bits per heavy atom. The molecule has 2 fully saturated rings. The lowest BCUT2D eigenvalue weighted by Crippen LogP contribution is -2.37. The van der Waals surface area contributed by atoms with Gasteiger partial charge in [0.05, 0.1) is 11.5 Å². The molecule has 0 radical (unpaired) electrons. The van der Waals surface area contributed by atoms with E-state index in [1.54, 1.807) is 17.0 Å². The van der Waals surface area contributed by atoms with Crippen molar-refractivity contribution in [2.24, 2.45) is 17.8 Å². The zero-order valence-corrected chi connectivity index (χ0v) is 19.2. The molecular formula is C24H29NO5S. The maximum Gasteiger partial charge on any atom is 0.410 e. The maximum absolute atomic E-state index is 12.2. The molecular weight excluding hydrogens is 414 g/mol. The van der Waals surface area contributed by atoms with Gasteiger partial charge in [0.25, 0.3) is 0 Å². The van der Waals surface area contributed by atoms with Crippen LogP contribution in [0, 0.1) is 17.8 Å². The van der Waals surface area contributed by atoms with Crippen LogP contribution in [0.4, 0.5) is 4.79 Å². The fourth-order valence-corrected chi connectivity index (χ4v) is 4.83. The number of piperidine rings is 1. The molecule has 1 saturated carbocycles. The van der Waals surface area contributed by atoms with Crippen LogP contribution in [0.1, 0.15) is 20.8 Å². The third-order valence-electron chi connectivity index (χ3n) is 5.94. The molecule has 7 heteroatoms. The van der Waals surface area contributed by atoms with Crippen LogP contribution in [0.2, 0.25) is 0 Å². The first kappa shape index (κ1) is 21.7. The van der Waals surface area contributed by atoms with Crippen molar-refractivity contribution in [1.29, 1.82) is 0 Å². The monoisotopic (exact) mass is 443 g/mol. The van der Waals surface area contributed by atoms with E-state index < -0.39 is 15.4 Å². The second-order valence-electron chi connectivity index (χ2n) is 9.51. The van der Waals surface area contributed by atoms with E-state index in [0.717, 1.165) is 30.0 Å². The van der Waals surface area contributed by atoms with Gasteiger partial charge in [0.15, 0.2) is 9.84 Å². The predicted molar refractivity (Wildman–Crippen MR) is 119 cm³/mol. The highest BCUT2D eigenvalue weighted by Gasteiger charge is 2.57. The molecule has 1 heterocycles. The van der Waals surface area contributed by atoms with Gasteiger partial charge in [0.2, 0.25) is 0 Å². The summed E-state index contributed by atoms with van der Waals surface area (Å²) >= 11 is 0. The Hall–Kier alpha value is -2.54. The van der Waals surface area contributed by atoms with Gasteiger partial charge in [-0.3, -0.25) is 0 Å². The topological polar surface area (TPSA) is 72.9 Å². The van der Waals surface area contributed by atoms with Gasteiger partial charge < -0.3 is 14.4 Å². The minimum atomic E-state index is -3.19. The van der Waals surface area contributed by atoms with Gasteiger partial charge in [-0.2, -0.15) is 0 Å². The summed E-state index contributed by atoms with van der Waals surface area (Å²) < 4.78 is 34.6. The van der Waals surface area contributed by atoms with Gasteiger partial charge in [-0.1, -0.05) is 24.3 Å². The van der Waals surface area contributed by atoms with E-state index >= 15 is 0 Å². The Balaban J connectivity index is 1.27. The number of likely N-dealkylation sites (tertiary alicyclic amines) is 1. The van der Waals surface area contributed by atoms with Gasteiger partial charge in [0, 0.05) is 25.3 Å². The normalized spacial score (nSPS) is 22.7. The number of sulfone groups is 1. The molecule has 1 aliphatic heterocycles. The van der Waals surface area contributed by atoms with Crippen molar-refractivity contribution < 1.29 is 22.7 Å². The SMILES string of the molecule is CC(C)(C)OC(=O)N1CC2[C@H](COc3ccc(-c4ccc(S(C)(=O)=O)cc4)cc3)[C@H]2C1. The average Bonchev–Trinajstić information content (AvgIpc) is 3.13. The Bertz CT molecular complexity index is 1040. The molecule has 1 unspecified atom stereocenters. The summed E-state index contributed by atoms with van der Waals surface area (Å²) in [5.41, 5.74) is 1.50. The van der Waals surface area contributed by atoms with Crippen LogP contribution in [-0.4, -0.2) is 51.0 Å². The Morgan fingerprint density at radius 2 is 1.48 bits per heavy atom. The van der Waals surface area contributed by atoms with Crippen molar-refractivity contribution in [2.75, 3.05) is 26.0 Å². The summed E-state index contributed by atoms with van der Waals surface area (Å²) in [5, 5.41) is 0. The number of hydrogen-bond acceptors (Lipinski definition) is 5. The molecule has 2 aromatic rings. The molecule has 31 heavy (non-hydrogen) atoms. The summed E-state index contributed by atoms with van der Waals surface area (Å²) in [6.45, 7) is 7.79. The first-order valence-corrected chi connectivity index (χ1v) is 12.4. The van der Waals surface area contributed by atoms with Gasteiger partial charge in [0.1, 0.15) is 11.4 Å². The van der Waals surface area contributed by atoms with Crippen LogP contribution in [0.5, 0.6) is 5.75 Å². The van der Waals surface area contributed by atoms with E-state index in [1.807, 2.05) is 57.2 Å². The van der Waals surface area contributed by atoms with Crippen molar-refractivity contribution in [1.82, 2.24) is 4.90 Å². The van der Waals surface area contributed by atoms with Crippen LogP contribution in [0.25, 0.3) is 11.1 Å². The van der Waals surface area contributed by atoms with Gasteiger partial charge in [-0.15, -0.1) is 0 Å². The van der Waals surface area contributed by atoms with Crippen molar-refractivity contribution in [3.63, 3.8) is 0 Å². The molecule has 0 spiro atoms. The van der Waals surface area contributed by atoms with Gasteiger partial charge in [-0.25, -0.2) is 13.2 Å². The third kappa shape index (κ3) is 5.03. The van der Waals surface area contributed by atoms with E-state index in [4.69, 9.17) is 9.47 Å². The fraction of sp³-hybridized carbons (Fsp3) is 0.458. The Morgan fingerprint density at radius 1 is 0.968 bits per heavy atom. The van der Waals surface area contributed by atoms with Gasteiger partial charge in [-0.05, 0) is 68.0 Å². The lowest BCUT2D eigenvalue weighted by Gasteiger charge is -2.25. The molecule has 3 atom stereocenters. The van der Waals surface area contributed by atoms with Crippen LogP contribution < -0.4 is 4.74 Å². The van der Waals surface area contributed by atoms with Crippen LogP contribution in [0.3, 0.4) is 0 Å². The first-order valence-electron chi connectivity index (χ1n) is 10.5. The van der Waals surface area contributed by atoms with Crippen LogP contribution >= 0.6 is 0 Å². The Kier molecular flexibility index (Phi) is 5.50. The van der Waals surface area contributed by atoms with E-state index in [1.165, 1.54) is 6.26 Å². The summed E-state index contributed by atoms with van der Waals surface area (Å²) in [7, 11) is -3.19. The van der Waals surface area contributed by atoms with E-state index in [9.17, 15) is 13.2 Å². The van der Waals surface area contributed by atoms with Gasteiger partial charge >= 0.3 is 6.09 Å². The lowest BCUT2D eigenvalue weighted by atomic mass is 10.1. The van der Waals surface area contributed by atoms with Crippen LogP contribution in [0.15, 0.2) is 53.4 Å². The highest BCUT2D eigenvalue weighted by Crippen LogP contribution is 2.52. The second kappa shape index (κ2) is 7.86. The lowest BCUT2D eigenvalue weighted by molar-refractivity contribution is 0.0261. The maximum atomic E-state index is 12.2. The van der Waals surface area contributed by atoms with Crippen molar-refractivity contribution in [2.45, 2.75) is 31.3 Å². The molecule has 0 N–H and O–H groups in total. The van der Waals surface area contributed by atoms with E-state index in [-0.39, 0.29) is 6.09 Å². The largest absolute Gasteiger partial charge is 0.493 e. The molecule has 4 rings (SSSR count). The summed E-state index contributed by atoms with van der Waals surface area (Å²) in [4.78, 5) is 14.3. The molecule has 2 aliphatic rings. The predicted octanol–water partition coefficient (Wildman–Crippen LogP) is 4.25. The Labute approximate surface area is 184 Å². The number of ether oxygens (including phenoxy) is 2. The van der Waals surface area contributed by atoms with Crippen LogP contribution in [-0.2, 0) is 14.6 Å². The number of benzene rings is 2. The third-order valence-corrected chi connectivity index (χ3v) is 7.06. The zero-order chi connectivity index (χ0) is 22.4. The van der Waals surface area contributed by atoms with Crippen molar-refractivity contribution >= 4 is 15.9 Å². The molecule has 6 nitrogen and oxygen atoms in total.